The molecule has 1 aliphatic rings. The van der Waals surface area contributed by atoms with E-state index >= 15 is 0 Å². The van der Waals surface area contributed by atoms with Crippen molar-refractivity contribution < 1.29 is 18.7 Å². The summed E-state index contributed by atoms with van der Waals surface area (Å²) in [4.78, 5) is 30.1. The number of thiazole rings is 1. The van der Waals surface area contributed by atoms with E-state index in [-0.39, 0.29) is 50.4 Å². The summed E-state index contributed by atoms with van der Waals surface area (Å²) in [5.41, 5.74) is 0.934. The number of fused-ring (bicyclic) bond motifs is 1. The van der Waals surface area contributed by atoms with Crippen LogP contribution in [-0.4, -0.2) is 60.7 Å². The molecule has 1 N–H and O–H groups in total. The maximum absolute atomic E-state index is 13.8. The number of methoxy groups -OCH3 is 1. The minimum absolute atomic E-state index is 0.0443. The van der Waals surface area contributed by atoms with Crippen molar-refractivity contribution >= 4 is 33.4 Å². The Kier molecular flexibility index (Phi) is 6.16. The molecule has 0 bridgehead atoms. The number of benzene rings is 1. The number of halogens is 1. The van der Waals surface area contributed by atoms with Crippen LogP contribution in [0.4, 0.5) is 4.39 Å². The van der Waals surface area contributed by atoms with E-state index in [1.807, 2.05) is 24.3 Å². The van der Waals surface area contributed by atoms with Gasteiger partial charge in [-0.2, -0.15) is 0 Å². The van der Waals surface area contributed by atoms with Crippen molar-refractivity contribution in [1.29, 1.82) is 0 Å². The lowest BCUT2D eigenvalue weighted by Gasteiger charge is -2.24. The molecule has 2 amide bonds. The fourth-order valence-corrected chi connectivity index (χ4v) is 4.12. The fraction of sp³-hybridized carbons (Fsp3) is 0.500. The third-order valence-electron chi connectivity index (χ3n) is 4.38. The highest BCUT2D eigenvalue weighted by Crippen LogP contribution is 2.24. The molecule has 0 aliphatic carbocycles. The van der Waals surface area contributed by atoms with Crippen LogP contribution >= 0.6 is 11.3 Å². The summed E-state index contributed by atoms with van der Waals surface area (Å²) in [5, 5.41) is 3.59. The van der Waals surface area contributed by atoms with E-state index < -0.39 is 6.17 Å². The van der Waals surface area contributed by atoms with Crippen molar-refractivity contribution in [2.24, 2.45) is 0 Å². The predicted molar refractivity (Wildman–Crippen MR) is 97.8 cm³/mol. The SMILES string of the molecule is COCC(=O)NCC1CC(F)CN1C(=O)CCc1nc2ccccc2s1. The highest BCUT2D eigenvalue weighted by Gasteiger charge is 2.35. The number of rotatable bonds is 7. The van der Waals surface area contributed by atoms with Crippen LogP contribution in [0.25, 0.3) is 10.2 Å². The number of hydrogen-bond acceptors (Lipinski definition) is 5. The number of aromatic nitrogens is 1. The highest BCUT2D eigenvalue weighted by molar-refractivity contribution is 7.18. The van der Waals surface area contributed by atoms with Crippen molar-refractivity contribution in [2.45, 2.75) is 31.5 Å². The van der Waals surface area contributed by atoms with E-state index in [0.717, 1.165) is 15.2 Å². The average molecular weight is 379 g/mol. The molecule has 1 aromatic heterocycles. The molecule has 6 nitrogen and oxygen atoms in total. The van der Waals surface area contributed by atoms with Gasteiger partial charge in [0, 0.05) is 32.9 Å². The number of carbonyl (C=O) groups excluding carboxylic acids is 2. The predicted octanol–water partition coefficient (Wildman–Crippen LogP) is 1.93. The monoisotopic (exact) mass is 379 g/mol. The van der Waals surface area contributed by atoms with Crippen LogP contribution in [0.2, 0.25) is 0 Å². The van der Waals surface area contributed by atoms with E-state index in [4.69, 9.17) is 4.74 Å². The number of nitrogens with zero attached hydrogens (tertiary/aromatic N) is 2. The molecule has 8 heteroatoms. The molecule has 1 fully saturated rings. The Labute approximate surface area is 155 Å². The normalized spacial score (nSPS) is 19.8. The number of hydrogen-bond donors (Lipinski definition) is 1. The third kappa shape index (κ3) is 4.56. The minimum atomic E-state index is -1.05. The summed E-state index contributed by atoms with van der Waals surface area (Å²) in [6, 6.07) is 7.54. The molecule has 1 aromatic carbocycles. The number of carbonyl (C=O) groups is 2. The van der Waals surface area contributed by atoms with Crippen molar-refractivity contribution in [1.82, 2.24) is 15.2 Å². The van der Waals surface area contributed by atoms with Gasteiger partial charge in [-0.1, -0.05) is 12.1 Å². The molecule has 0 saturated carbocycles. The molecule has 0 radical (unpaired) electrons. The van der Waals surface area contributed by atoms with Crippen molar-refractivity contribution in [2.75, 3.05) is 26.8 Å². The molecule has 3 rings (SSSR count). The van der Waals surface area contributed by atoms with Crippen molar-refractivity contribution in [3.8, 4) is 0 Å². The number of amides is 2. The van der Waals surface area contributed by atoms with Crippen LogP contribution in [0.15, 0.2) is 24.3 Å². The highest BCUT2D eigenvalue weighted by atomic mass is 32.1. The van der Waals surface area contributed by atoms with Gasteiger partial charge in [-0.25, -0.2) is 9.37 Å². The molecule has 2 aromatic rings. The molecule has 1 aliphatic heterocycles. The minimum Gasteiger partial charge on any atom is -0.375 e. The van der Waals surface area contributed by atoms with E-state index in [2.05, 4.69) is 10.3 Å². The Morgan fingerprint density at radius 1 is 1.42 bits per heavy atom. The quantitative estimate of drug-likeness (QED) is 0.798. The Morgan fingerprint density at radius 3 is 3.00 bits per heavy atom. The lowest BCUT2D eigenvalue weighted by molar-refractivity contribution is -0.133. The van der Waals surface area contributed by atoms with E-state index in [0.29, 0.717) is 6.42 Å². The topological polar surface area (TPSA) is 71.5 Å². The van der Waals surface area contributed by atoms with Gasteiger partial charge < -0.3 is 15.0 Å². The Bertz CT molecular complexity index is 749. The van der Waals surface area contributed by atoms with E-state index in [1.165, 1.54) is 7.11 Å². The Hall–Kier alpha value is -2.06. The number of likely N-dealkylation sites (tertiary alicyclic amines) is 1. The van der Waals surface area contributed by atoms with Crippen LogP contribution in [0.1, 0.15) is 17.8 Å². The largest absolute Gasteiger partial charge is 0.375 e. The first-order chi connectivity index (χ1) is 12.6. The summed E-state index contributed by atoms with van der Waals surface area (Å²) in [6.07, 6.45) is 0.0227. The maximum Gasteiger partial charge on any atom is 0.246 e. The molecule has 2 unspecified atom stereocenters. The van der Waals surface area contributed by atoms with Gasteiger partial charge in [0.05, 0.1) is 27.8 Å². The maximum atomic E-state index is 13.8. The van der Waals surface area contributed by atoms with Gasteiger partial charge >= 0.3 is 0 Å². The zero-order valence-corrected chi connectivity index (χ0v) is 15.4. The van der Waals surface area contributed by atoms with Crippen LogP contribution in [-0.2, 0) is 20.7 Å². The molecule has 0 spiro atoms. The van der Waals surface area contributed by atoms with Crippen LogP contribution < -0.4 is 5.32 Å². The summed E-state index contributed by atoms with van der Waals surface area (Å²) < 4.78 is 19.7. The van der Waals surface area contributed by atoms with Crippen LogP contribution in [0.5, 0.6) is 0 Å². The van der Waals surface area contributed by atoms with Crippen LogP contribution in [0, 0.1) is 0 Å². The smallest absolute Gasteiger partial charge is 0.246 e. The number of ether oxygens (including phenoxy) is 1. The average Bonchev–Trinajstić information content (AvgIpc) is 3.21. The second kappa shape index (κ2) is 8.55. The number of para-hydroxylation sites is 1. The Balaban J connectivity index is 1.55. The first-order valence-corrected chi connectivity index (χ1v) is 9.42. The van der Waals surface area contributed by atoms with Gasteiger partial charge in [-0.3, -0.25) is 9.59 Å². The van der Waals surface area contributed by atoms with Gasteiger partial charge in [-0.15, -0.1) is 11.3 Å². The second-order valence-corrected chi connectivity index (χ2v) is 7.46. The summed E-state index contributed by atoms with van der Waals surface area (Å²) >= 11 is 1.58. The molecule has 2 heterocycles. The van der Waals surface area contributed by atoms with Gasteiger partial charge in [-0.05, 0) is 12.1 Å². The summed E-state index contributed by atoms with van der Waals surface area (Å²) in [7, 11) is 1.44. The zero-order chi connectivity index (χ0) is 18.5. The second-order valence-electron chi connectivity index (χ2n) is 6.35. The standard InChI is InChI=1S/C18H22FN3O3S/c1-25-11-16(23)20-9-13-8-12(19)10-22(13)18(24)7-6-17-21-14-4-2-3-5-15(14)26-17/h2-5,12-13H,6-11H2,1H3,(H,20,23). The third-order valence-corrected chi connectivity index (χ3v) is 5.48. The number of aryl methyl sites for hydroxylation is 1. The summed E-state index contributed by atoms with van der Waals surface area (Å²) in [5.74, 6) is -0.368. The molecule has 140 valence electrons. The zero-order valence-electron chi connectivity index (χ0n) is 14.6. The molecule has 1 saturated heterocycles. The van der Waals surface area contributed by atoms with Gasteiger partial charge in [0.2, 0.25) is 11.8 Å². The van der Waals surface area contributed by atoms with Crippen molar-refractivity contribution in [3.05, 3.63) is 29.3 Å². The fourth-order valence-electron chi connectivity index (χ4n) is 3.16. The summed E-state index contributed by atoms with van der Waals surface area (Å²) in [6.45, 7) is 0.288. The molecular weight excluding hydrogens is 357 g/mol. The lowest BCUT2D eigenvalue weighted by atomic mass is 10.2. The molecular formula is C18H22FN3O3S. The van der Waals surface area contributed by atoms with Crippen LogP contribution in [0.3, 0.4) is 0 Å². The number of nitrogens with one attached hydrogen (secondary N) is 1. The van der Waals surface area contributed by atoms with E-state index in [1.54, 1.807) is 16.2 Å². The molecule has 2 atom stereocenters. The van der Waals surface area contributed by atoms with Gasteiger partial charge in [0.15, 0.2) is 0 Å². The number of alkyl halides is 1. The van der Waals surface area contributed by atoms with Crippen molar-refractivity contribution in [3.63, 3.8) is 0 Å². The first-order valence-electron chi connectivity index (χ1n) is 8.60. The van der Waals surface area contributed by atoms with Gasteiger partial charge in [0.1, 0.15) is 12.8 Å². The van der Waals surface area contributed by atoms with E-state index in [9.17, 15) is 14.0 Å². The lowest BCUT2D eigenvalue weighted by Crippen LogP contribution is -2.44. The van der Waals surface area contributed by atoms with Gasteiger partial charge in [0.25, 0.3) is 0 Å². The molecule has 26 heavy (non-hydrogen) atoms. The Morgan fingerprint density at radius 2 is 2.23 bits per heavy atom. The first kappa shape index (κ1) is 18.7.